The molecule has 2 aromatic rings. The molecule has 2 heteroatoms. The second kappa shape index (κ2) is 5.92. The molecule has 0 saturated heterocycles. The van der Waals surface area contributed by atoms with Crippen molar-refractivity contribution in [2.75, 3.05) is 13.1 Å². The Balaban J connectivity index is 1.68. The molecule has 1 heterocycles. The van der Waals surface area contributed by atoms with Crippen molar-refractivity contribution in [3.05, 3.63) is 42.1 Å². The number of fused-ring (bicyclic) bond motifs is 1. The van der Waals surface area contributed by atoms with Gasteiger partial charge in [0, 0.05) is 11.6 Å². The van der Waals surface area contributed by atoms with Crippen LogP contribution < -0.4 is 5.32 Å². The van der Waals surface area contributed by atoms with E-state index in [0.29, 0.717) is 5.92 Å². The van der Waals surface area contributed by atoms with E-state index in [0.717, 1.165) is 30.4 Å². The van der Waals surface area contributed by atoms with Gasteiger partial charge in [-0.15, -0.1) is 0 Å². The molecule has 106 valence electrons. The highest BCUT2D eigenvalue weighted by molar-refractivity contribution is 5.78. The van der Waals surface area contributed by atoms with Crippen LogP contribution >= 0.6 is 0 Å². The maximum atomic E-state index is 4.61. The number of hydrogen-bond acceptors (Lipinski definition) is 2. The Labute approximate surface area is 121 Å². The number of para-hydroxylation sites is 1. The first kappa shape index (κ1) is 13.6. The van der Waals surface area contributed by atoms with Gasteiger partial charge in [-0.2, -0.15) is 0 Å². The van der Waals surface area contributed by atoms with Crippen LogP contribution in [0.15, 0.2) is 36.5 Å². The molecule has 0 bridgehead atoms. The van der Waals surface area contributed by atoms with Crippen LogP contribution in [0.2, 0.25) is 0 Å². The molecule has 1 saturated carbocycles. The lowest BCUT2D eigenvalue weighted by Gasteiger charge is -2.37. The first-order valence-corrected chi connectivity index (χ1v) is 7.79. The Morgan fingerprint density at radius 3 is 2.85 bits per heavy atom. The SMILES string of the molecule is CC(C)CNCC1CCC1c1cnc2ccccc2c1. The van der Waals surface area contributed by atoms with Crippen LogP contribution in [-0.4, -0.2) is 18.1 Å². The molecule has 3 rings (SSSR count). The van der Waals surface area contributed by atoms with Crippen molar-refractivity contribution in [1.29, 1.82) is 0 Å². The predicted octanol–water partition coefficient (Wildman–Crippen LogP) is 3.97. The monoisotopic (exact) mass is 268 g/mol. The smallest absolute Gasteiger partial charge is 0.0702 e. The van der Waals surface area contributed by atoms with Gasteiger partial charge in [0.1, 0.15) is 0 Å². The average molecular weight is 268 g/mol. The van der Waals surface area contributed by atoms with E-state index >= 15 is 0 Å². The molecule has 1 N–H and O–H groups in total. The van der Waals surface area contributed by atoms with Gasteiger partial charge in [-0.05, 0) is 61.4 Å². The molecule has 2 unspecified atom stereocenters. The Kier molecular flexibility index (Phi) is 4.02. The van der Waals surface area contributed by atoms with Crippen LogP contribution in [0.3, 0.4) is 0 Å². The minimum absolute atomic E-state index is 0.701. The summed E-state index contributed by atoms with van der Waals surface area (Å²) in [7, 11) is 0. The van der Waals surface area contributed by atoms with Gasteiger partial charge in [0.25, 0.3) is 0 Å². The number of hydrogen-bond donors (Lipinski definition) is 1. The third-order valence-electron chi connectivity index (χ3n) is 4.42. The van der Waals surface area contributed by atoms with Gasteiger partial charge in [-0.1, -0.05) is 32.0 Å². The fraction of sp³-hybridized carbons (Fsp3) is 0.500. The second-order valence-electron chi connectivity index (χ2n) is 6.46. The number of benzene rings is 1. The van der Waals surface area contributed by atoms with Gasteiger partial charge in [0.15, 0.2) is 0 Å². The topological polar surface area (TPSA) is 24.9 Å². The summed E-state index contributed by atoms with van der Waals surface area (Å²) in [6, 6.07) is 10.7. The second-order valence-corrected chi connectivity index (χ2v) is 6.46. The molecule has 2 nitrogen and oxygen atoms in total. The van der Waals surface area contributed by atoms with Crippen molar-refractivity contribution in [3.63, 3.8) is 0 Å². The lowest BCUT2D eigenvalue weighted by molar-refractivity contribution is 0.243. The van der Waals surface area contributed by atoms with Crippen LogP contribution in [0.1, 0.15) is 38.2 Å². The van der Waals surface area contributed by atoms with E-state index in [2.05, 4.69) is 60.7 Å². The van der Waals surface area contributed by atoms with Gasteiger partial charge >= 0.3 is 0 Å². The molecule has 2 atom stereocenters. The number of nitrogens with zero attached hydrogens (tertiary/aromatic N) is 1. The quantitative estimate of drug-likeness (QED) is 0.887. The zero-order valence-corrected chi connectivity index (χ0v) is 12.5. The molecule has 20 heavy (non-hydrogen) atoms. The molecular formula is C18H24N2. The van der Waals surface area contributed by atoms with Crippen LogP contribution in [-0.2, 0) is 0 Å². The third-order valence-corrected chi connectivity index (χ3v) is 4.42. The first-order valence-electron chi connectivity index (χ1n) is 7.79. The zero-order chi connectivity index (χ0) is 13.9. The summed E-state index contributed by atoms with van der Waals surface area (Å²) >= 11 is 0. The van der Waals surface area contributed by atoms with E-state index < -0.39 is 0 Å². The molecule has 0 amide bonds. The van der Waals surface area contributed by atoms with E-state index in [4.69, 9.17) is 0 Å². The van der Waals surface area contributed by atoms with Crippen molar-refractivity contribution >= 4 is 10.9 Å². The molecule has 0 radical (unpaired) electrons. The van der Waals surface area contributed by atoms with Crippen LogP contribution in [0.25, 0.3) is 10.9 Å². The van der Waals surface area contributed by atoms with Crippen molar-refractivity contribution < 1.29 is 0 Å². The van der Waals surface area contributed by atoms with Crippen molar-refractivity contribution in [2.45, 2.75) is 32.6 Å². The maximum Gasteiger partial charge on any atom is 0.0702 e. The minimum atomic E-state index is 0.701. The summed E-state index contributed by atoms with van der Waals surface area (Å²) < 4.78 is 0. The van der Waals surface area contributed by atoms with Gasteiger partial charge in [-0.25, -0.2) is 0 Å². The summed E-state index contributed by atoms with van der Waals surface area (Å²) in [5.41, 5.74) is 2.52. The lowest BCUT2D eigenvalue weighted by Crippen LogP contribution is -2.35. The molecule has 0 spiro atoms. The van der Waals surface area contributed by atoms with Crippen LogP contribution in [0, 0.1) is 11.8 Å². The fourth-order valence-corrected chi connectivity index (χ4v) is 3.10. The summed E-state index contributed by atoms with van der Waals surface area (Å²) in [6.07, 6.45) is 4.75. The van der Waals surface area contributed by atoms with Gasteiger partial charge in [0.05, 0.1) is 5.52 Å². The fourth-order valence-electron chi connectivity index (χ4n) is 3.10. The number of aromatic nitrogens is 1. The molecule has 1 aromatic heterocycles. The van der Waals surface area contributed by atoms with Gasteiger partial charge < -0.3 is 5.32 Å². The lowest BCUT2D eigenvalue weighted by atomic mass is 9.70. The largest absolute Gasteiger partial charge is 0.316 e. The normalized spacial score (nSPS) is 22.1. The number of nitrogens with one attached hydrogen (secondary N) is 1. The minimum Gasteiger partial charge on any atom is -0.316 e. The van der Waals surface area contributed by atoms with Crippen molar-refractivity contribution in [1.82, 2.24) is 10.3 Å². The zero-order valence-electron chi connectivity index (χ0n) is 12.5. The van der Waals surface area contributed by atoms with E-state index in [1.807, 2.05) is 0 Å². The first-order chi connectivity index (χ1) is 9.74. The van der Waals surface area contributed by atoms with Crippen molar-refractivity contribution in [3.8, 4) is 0 Å². The number of pyridine rings is 1. The maximum absolute atomic E-state index is 4.61. The molecule has 1 aromatic carbocycles. The molecule has 1 aliphatic rings. The predicted molar refractivity (Wildman–Crippen MR) is 84.9 cm³/mol. The highest BCUT2D eigenvalue weighted by Crippen LogP contribution is 2.42. The summed E-state index contributed by atoms with van der Waals surface area (Å²) in [5, 5.41) is 4.87. The standard InChI is InChI=1S/C18H24N2/c1-13(2)10-19-11-15-7-8-17(15)16-9-14-5-3-4-6-18(14)20-12-16/h3-6,9,12-13,15,17,19H,7-8,10-11H2,1-2H3. The van der Waals surface area contributed by atoms with Crippen LogP contribution in [0.5, 0.6) is 0 Å². The molecular weight excluding hydrogens is 244 g/mol. The Bertz CT molecular complexity index is 576. The highest BCUT2D eigenvalue weighted by atomic mass is 14.9. The Morgan fingerprint density at radius 1 is 1.25 bits per heavy atom. The van der Waals surface area contributed by atoms with E-state index in [-0.39, 0.29) is 0 Å². The van der Waals surface area contributed by atoms with Gasteiger partial charge in [-0.3, -0.25) is 4.98 Å². The number of rotatable bonds is 5. The molecule has 1 aliphatic carbocycles. The van der Waals surface area contributed by atoms with Crippen molar-refractivity contribution in [2.24, 2.45) is 11.8 Å². The summed E-state index contributed by atoms with van der Waals surface area (Å²) in [6.45, 7) is 6.80. The summed E-state index contributed by atoms with van der Waals surface area (Å²) in [4.78, 5) is 4.61. The molecule has 0 aliphatic heterocycles. The highest BCUT2D eigenvalue weighted by Gasteiger charge is 2.31. The average Bonchev–Trinajstić information content (AvgIpc) is 2.42. The summed E-state index contributed by atoms with van der Waals surface area (Å²) in [5.74, 6) is 2.22. The Morgan fingerprint density at radius 2 is 2.10 bits per heavy atom. The van der Waals surface area contributed by atoms with E-state index in [1.54, 1.807) is 0 Å². The Hall–Kier alpha value is -1.41. The van der Waals surface area contributed by atoms with Gasteiger partial charge in [0.2, 0.25) is 0 Å². The van der Waals surface area contributed by atoms with E-state index in [9.17, 15) is 0 Å². The third kappa shape index (κ3) is 2.85. The van der Waals surface area contributed by atoms with E-state index in [1.165, 1.54) is 23.8 Å². The molecule has 1 fully saturated rings. The van der Waals surface area contributed by atoms with Crippen LogP contribution in [0.4, 0.5) is 0 Å².